The number of hydrogen-bond acceptors (Lipinski definition) is 2. The van der Waals surface area contributed by atoms with E-state index in [-0.39, 0.29) is 0 Å². The number of hydrogen-bond donors (Lipinski definition) is 2. The van der Waals surface area contributed by atoms with E-state index < -0.39 is 12.0 Å². The van der Waals surface area contributed by atoms with Gasteiger partial charge < -0.3 is 5.11 Å². The van der Waals surface area contributed by atoms with Crippen LogP contribution in [0.4, 0.5) is 0 Å². The van der Waals surface area contributed by atoms with E-state index in [0.29, 0.717) is 6.04 Å². The van der Waals surface area contributed by atoms with Crippen molar-refractivity contribution in [2.45, 2.75) is 51.6 Å². The van der Waals surface area contributed by atoms with E-state index in [0.717, 1.165) is 29.5 Å². The zero-order chi connectivity index (χ0) is 13.1. The van der Waals surface area contributed by atoms with Gasteiger partial charge in [-0.2, -0.15) is 0 Å². The van der Waals surface area contributed by atoms with E-state index in [4.69, 9.17) is 0 Å². The molecule has 3 heteroatoms. The minimum absolute atomic E-state index is 0.352. The Balaban J connectivity index is 2.26. The van der Waals surface area contributed by atoms with Gasteiger partial charge in [-0.15, -0.1) is 0 Å². The summed E-state index contributed by atoms with van der Waals surface area (Å²) in [7, 11) is 0. The van der Waals surface area contributed by atoms with Gasteiger partial charge in [0, 0.05) is 6.04 Å². The lowest BCUT2D eigenvalue weighted by Crippen LogP contribution is -2.36. The molecule has 1 aliphatic carbocycles. The molecule has 1 atom stereocenters. The Morgan fingerprint density at radius 2 is 1.83 bits per heavy atom. The Morgan fingerprint density at radius 1 is 1.28 bits per heavy atom. The molecule has 0 aliphatic heterocycles. The highest BCUT2D eigenvalue weighted by Gasteiger charge is 2.27. The normalized spacial score (nSPS) is 17.9. The molecule has 3 nitrogen and oxygen atoms in total. The minimum Gasteiger partial charge on any atom is -0.480 e. The summed E-state index contributed by atoms with van der Waals surface area (Å²) in [6.07, 6.45) is 4.59. The summed E-state index contributed by atoms with van der Waals surface area (Å²) in [6.45, 7) is 3.96. The molecular formula is C15H21NO2. The Kier molecular flexibility index (Phi) is 4.02. The average Bonchev–Trinajstić information content (AvgIpc) is 2.80. The van der Waals surface area contributed by atoms with Crippen molar-refractivity contribution < 1.29 is 9.90 Å². The van der Waals surface area contributed by atoms with Gasteiger partial charge in [-0.25, -0.2) is 0 Å². The van der Waals surface area contributed by atoms with Gasteiger partial charge in [-0.1, -0.05) is 31.0 Å². The van der Waals surface area contributed by atoms with Crippen LogP contribution in [0.15, 0.2) is 18.2 Å². The second-order valence-electron chi connectivity index (χ2n) is 5.22. The molecule has 0 spiro atoms. The smallest absolute Gasteiger partial charge is 0.325 e. The van der Waals surface area contributed by atoms with Gasteiger partial charge in [0.2, 0.25) is 0 Å². The molecule has 1 aromatic rings. The molecule has 0 radical (unpaired) electrons. The Labute approximate surface area is 108 Å². The molecule has 2 rings (SSSR count). The zero-order valence-corrected chi connectivity index (χ0v) is 11.1. The molecule has 1 unspecified atom stereocenters. The van der Waals surface area contributed by atoms with Crippen molar-refractivity contribution in [3.8, 4) is 0 Å². The number of rotatable bonds is 4. The number of benzene rings is 1. The summed E-state index contributed by atoms with van der Waals surface area (Å²) in [5.74, 6) is -0.778. The van der Waals surface area contributed by atoms with Crippen LogP contribution in [0.2, 0.25) is 0 Å². The van der Waals surface area contributed by atoms with Crippen molar-refractivity contribution >= 4 is 5.97 Å². The maximum absolute atomic E-state index is 11.5. The van der Waals surface area contributed by atoms with Gasteiger partial charge in [0.1, 0.15) is 6.04 Å². The van der Waals surface area contributed by atoms with Gasteiger partial charge in [-0.3, -0.25) is 10.1 Å². The first-order chi connectivity index (χ1) is 8.59. The molecule has 1 fully saturated rings. The van der Waals surface area contributed by atoms with Gasteiger partial charge in [0.25, 0.3) is 0 Å². The van der Waals surface area contributed by atoms with Crippen LogP contribution in [0.25, 0.3) is 0 Å². The lowest BCUT2D eigenvalue weighted by Gasteiger charge is -2.23. The molecule has 1 aliphatic rings. The first kappa shape index (κ1) is 13.1. The van der Waals surface area contributed by atoms with Crippen molar-refractivity contribution in [3.63, 3.8) is 0 Å². The summed E-state index contributed by atoms with van der Waals surface area (Å²) in [5, 5.41) is 12.8. The molecule has 1 aromatic carbocycles. The van der Waals surface area contributed by atoms with Gasteiger partial charge >= 0.3 is 5.97 Å². The van der Waals surface area contributed by atoms with Crippen molar-refractivity contribution in [3.05, 3.63) is 34.9 Å². The number of aliphatic carboxylic acids is 1. The fraction of sp³-hybridized carbons (Fsp3) is 0.533. The standard InChI is InChI=1S/C15H21NO2/c1-10-6-5-7-11(2)13(10)14(15(17)18)16-12-8-3-4-9-12/h5-7,12,14,16H,3-4,8-9H2,1-2H3,(H,17,18). The molecule has 18 heavy (non-hydrogen) atoms. The number of aryl methyl sites for hydroxylation is 2. The molecule has 0 saturated heterocycles. The lowest BCUT2D eigenvalue weighted by molar-refractivity contribution is -0.139. The van der Waals surface area contributed by atoms with Crippen molar-refractivity contribution in [1.82, 2.24) is 5.32 Å². The van der Waals surface area contributed by atoms with Crippen LogP contribution in [-0.2, 0) is 4.79 Å². The van der Waals surface area contributed by atoms with Crippen LogP contribution >= 0.6 is 0 Å². The highest BCUT2D eigenvalue weighted by molar-refractivity contribution is 5.76. The maximum atomic E-state index is 11.5. The topological polar surface area (TPSA) is 49.3 Å². The first-order valence-electron chi connectivity index (χ1n) is 6.64. The third-order valence-electron chi connectivity index (χ3n) is 3.84. The Bertz CT molecular complexity index is 416. The molecule has 98 valence electrons. The highest BCUT2D eigenvalue weighted by atomic mass is 16.4. The third kappa shape index (κ3) is 2.72. The lowest BCUT2D eigenvalue weighted by atomic mass is 9.95. The van der Waals surface area contributed by atoms with Crippen LogP contribution in [0, 0.1) is 13.8 Å². The summed E-state index contributed by atoms with van der Waals surface area (Å²) < 4.78 is 0. The van der Waals surface area contributed by atoms with Crippen molar-refractivity contribution in [2.75, 3.05) is 0 Å². The van der Waals surface area contributed by atoms with Crippen molar-refractivity contribution in [1.29, 1.82) is 0 Å². The molecule has 0 bridgehead atoms. The van der Waals surface area contributed by atoms with E-state index >= 15 is 0 Å². The van der Waals surface area contributed by atoms with E-state index in [2.05, 4.69) is 5.32 Å². The van der Waals surface area contributed by atoms with Crippen LogP contribution < -0.4 is 5.32 Å². The van der Waals surface area contributed by atoms with Gasteiger partial charge in [0.05, 0.1) is 0 Å². The van der Waals surface area contributed by atoms with Crippen LogP contribution in [0.1, 0.15) is 48.4 Å². The average molecular weight is 247 g/mol. The highest BCUT2D eigenvalue weighted by Crippen LogP contribution is 2.26. The van der Waals surface area contributed by atoms with Crippen molar-refractivity contribution in [2.24, 2.45) is 0 Å². The molecule has 0 amide bonds. The molecule has 2 N–H and O–H groups in total. The quantitative estimate of drug-likeness (QED) is 0.860. The van der Waals surface area contributed by atoms with E-state index in [1.54, 1.807) is 0 Å². The van der Waals surface area contributed by atoms with Gasteiger partial charge in [-0.05, 0) is 43.4 Å². The van der Waals surface area contributed by atoms with E-state index in [1.165, 1.54) is 12.8 Å². The predicted molar refractivity (Wildman–Crippen MR) is 71.7 cm³/mol. The maximum Gasteiger partial charge on any atom is 0.325 e. The monoisotopic (exact) mass is 247 g/mol. The predicted octanol–water partition coefficient (Wildman–Crippen LogP) is 2.96. The fourth-order valence-electron chi connectivity index (χ4n) is 2.89. The summed E-state index contributed by atoms with van der Waals surface area (Å²) in [5.41, 5.74) is 3.03. The first-order valence-corrected chi connectivity index (χ1v) is 6.64. The largest absolute Gasteiger partial charge is 0.480 e. The number of nitrogens with one attached hydrogen (secondary N) is 1. The fourth-order valence-corrected chi connectivity index (χ4v) is 2.89. The van der Waals surface area contributed by atoms with E-state index in [9.17, 15) is 9.90 Å². The SMILES string of the molecule is Cc1cccc(C)c1C(NC1CCCC1)C(=O)O. The molecular weight excluding hydrogens is 226 g/mol. The number of carboxylic acid groups (broad SMARTS) is 1. The minimum atomic E-state index is -0.778. The molecule has 1 saturated carbocycles. The summed E-state index contributed by atoms with van der Waals surface area (Å²) in [6, 6.07) is 5.71. The second kappa shape index (κ2) is 5.53. The number of carboxylic acids is 1. The second-order valence-corrected chi connectivity index (χ2v) is 5.22. The molecule has 0 heterocycles. The Hall–Kier alpha value is -1.35. The van der Waals surface area contributed by atoms with Gasteiger partial charge in [0.15, 0.2) is 0 Å². The third-order valence-corrected chi connectivity index (χ3v) is 3.84. The van der Waals surface area contributed by atoms with Crippen LogP contribution in [0.5, 0.6) is 0 Å². The Morgan fingerprint density at radius 3 is 2.33 bits per heavy atom. The summed E-state index contributed by atoms with van der Waals surface area (Å²) >= 11 is 0. The molecule has 0 aromatic heterocycles. The van der Waals surface area contributed by atoms with Crippen LogP contribution in [0.3, 0.4) is 0 Å². The van der Waals surface area contributed by atoms with E-state index in [1.807, 2.05) is 32.0 Å². The summed E-state index contributed by atoms with van der Waals surface area (Å²) in [4.78, 5) is 11.5. The van der Waals surface area contributed by atoms with Crippen LogP contribution in [-0.4, -0.2) is 17.1 Å². The number of carbonyl (C=O) groups is 1. The zero-order valence-electron chi connectivity index (χ0n) is 11.1.